The number of nitrogens with one attached hydrogen (secondary N) is 1. The van der Waals surface area contributed by atoms with E-state index in [0.717, 1.165) is 5.56 Å². The van der Waals surface area contributed by atoms with E-state index < -0.39 is 37.3 Å². The van der Waals surface area contributed by atoms with Gasteiger partial charge in [-0.05, 0) is 19.1 Å². The predicted molar refractivity (Wildman–Crippen MR) is 77.2 cm³/mol. The molecule has 122 valence electrons. The van der Waals surface area contributed by atoms with Crippen LogP contribution in [0.25, 0.3) is 0 Å². The number of amides is 1. The first-order chi connectivity index (χ1) is 10.4. The molecule has 1 amide bonds. The number of aryl methyl sites for hydroxylation is 1. The zero-order valence-corrected chi connectivity index (χ0v) is 12.5. The number of ether oxygens (including phenoxy) is 2. The van der Waals surface area contributed by atoms with Gasteiger partial charge < -0.3 is 30.1 Å². The smallest absolute Gasteiger partial charge is 0.223 e. The quantitative estimate of drug-likeness (QED) is 0.587. The summed E-state index contributed by atoms with van der Waals surface area (Å²) in [6, 6.07) is 6.21. The van der Waals surface area contributed by atoms with E-state index >= 15 is 0 Å². The minimum absolute atomic E-state index is 0.389. The fourth-order valence-corrected chi connectivity index (χ4v) is 2.32. The maximum Gasteiger partial charge on any atom is 0.223 e. The molecule has 4 N–H and O–H groups in total. The molecule has 0 saturated carbocycles. The van der Waals surface area contributed by atoms with Crippen LogP contribution in [0.3, 0.4) is 0 Å². The van der Waals surface area contributed by atoms with Crippen molar-refractivity contribution < 1.29 is 29.6 Å². The van der Waals surface area contributed by atoms with Crippen molar-refractivity contribution in [3.8, 4) is 5.75 Å². The van der Waals surface area contributed by atoms with Gasteiger partial charge in [0, 0.05) is 6.92 Å². The third kappa shape index (κ3) is 3.75. The van der Waals surface area contributed by atoms with E-state index in [4.69, 9.17) is 9.47 Å². The second-order valence-corrected chi connectivity index (χ2v) is 5.36. The summed E-state index contributed by atoms with van der Waals surface area (Å²) in [5, 5.41) is 31.8. The van der Waals surface area contributed by atoms with E-state index in [1.807, 2.05) is 19.1 Å². The Balaban J connectivity index is 2.18. The number of rotatable bonds is 4. The lowest BCUT2D eigenvalue weighted by atomic mass is 9.97. The van der Waals surface area contributed by atoms with Crippen molar-refractivity contribution in [2.45, 2.75) is 44.5 Å². The monoisotopic (exact) mass is 311 g/mol. The minimum atomic E-state index is -1.32. The lowest BCUT2D eigenvalue weighted by Gasteiger charge is -2.42. The van der Waals surface area contributed by atoms with Gasteiger partial charge in [-0.25, -0.2) is 0 Å². The number of carbonyl (C=O) groups is 1. The number of carbonyl (C=O) groups excluding carboxylic acids is 1. The summed E-state index contributed by atoms with van der Waals surface area (Å²) in [7, 11) is 0. The summed E-state index contributed by atoms with van der Waals surface area (Å²) >= 11 is 0. The molecule has 0 aliphatic carbocycles. The van der Waals surface area contributed by atoms with E-state index in [0.29, 0.717) is 5.75 Å². The molecule has 1 aromatic rings. The maximum absolute atomic E-state index is 11.3. The molecule has 2 rings (SSSR count). The molecule has 0 aromatic heterocycles. The van der Waals surface area contributed by atoms with Crippen molar-refractivity contribution >= 4 is 5.91 Å². The van der Waals surface area contributed by atoms with Gasteiger partial charge in [0.05, 0.1) is 6.61 Å². The summed E-state index contributed by atoms with van der Waals surface area (Å²) in [5.74, 6) is 0.103. The molecule has 1 fully saturated rings. The Labute approximate surface area is 128 Å². The molecule has 0 unspecified atom stereocenters. The molecular formula is C15H21NO6. The Morgan fingerprint density at radius 2 is 1.91 bits per heavy atom. The zero-order chi connectivity index (χ0) is 16.3. The molecular weight excluding hydrogens is 290 g/mol. The van der Waals surface area contributed by atoms with Gasteiger partial charge >= 0.3 is 0 Å². The summed E-state index contributed by atoms with van der Waals surface area (Å²) < 4.78 is 11.1. The van der Waals surface area contributed by atoms with Crippen molar-refractivity contribution in [1.29, 1.82) is 0 Å². The maximum atomic E-state index is 11.3. The van der Waals surface area contributed by atoms with Crippen LogP contribution >= 0.6 is 0 Å². The zero-order valence-electron chi connectivity index (χ0n) is 12.5. The number of aliphatic hydroxyl groups is 3. The van der Waals surface area contributed by atoms with Crippen LogP contribution in [0, 0.1) is 6.92 Å². The molecule has 1 heterocycles. The average Bonchev–Trinajstić information content (AvgIpc) is 2.48. The lowest BCUT2D eigenvalue weighted by Crippen LogP contribution is -2.65. The van der Waals surface area contributed by atoms with Crippen LogP contribution < -0.4 is 10.1 Å². The van der Waals surface area contributed by atoms with E-state index in [9.17, 15) is 20.1 Å². The molecule has 22 heavy (non-hydrogen) atoms. The molecule has 5 atom stereocenters. The first-order valence-corrected chi connectivity index (χ1v) is 7.05. The highest BCUT2D eigenvalue weighted by atomic mass is 16.7. The van der Waals surface area contributed by atoms with Crippen LogP contribution in [-0.4, -0.2) is 58.5 Å². The normalized spacial score (nSPS) is 31.6. The molecule has 7 nitrogen and oxygen atoms in total. The standard InChI is InChI=1S/C15H21NO6/c1-8-3-5-10(6-4-8)21-15-12(16-9(2)18)14(20)13(19)11(7-17)22-15/h3-6,11-15,17,19-20H,7H2,1-2H3,(H,16,18)/t11-,12-,13+,14-,15+/m1/s1. The summed E-state index contributed by atoms with van der Waals surface area (Å²) in [4.78, 5) is 11.3. The van der Waals surface area contributed by atoms with Gasteiger partial charge in [-0.2, -0.15) is 0 Å². The number of hydrogen-bond donors (Lipinski definition) is 4. The number of hydrogen-bond acceptors (Lipinski definition) is 6. The highest BCUT2D eigenvalue weighted by molar-refractivity contribution is 5.73. The SMILES string of the molecule is CC(=O)N[C@H]1[C@@H](Oc2ccc(C)cc2)O[C@H](CO)[C@H](O)[C@@H]1O. The Kier molecular flexibility index (Phi) is 5.36. The largest absolute Gasteiger partial charge is 0.463 e. The van der Waals surface area contributed by atoms with E-state index in [1.54, 1.807) is 12.1 Å². The lowest BCUT2D eigenvalue weighted by molar-refractivity contribution is -0.244. The van der Waals surface area contributed by atoms with Crippen molar-refractivity contribution in [1.82, 2.24) is 5.32 Å². The van der Waals surface area contributed by atoms with Crippen molar-refractivity contribution in [2.24, 2.45) is 0 Å². The topological polar surface area (TPSA) is 108 Å². The van der Waals surface area contributed by atoms with Crippen LogP contribution in [0.2, 0.25) is 0 Å². The van der Waals surface area contributed by atoms with Crippen LogP contribution in [0.5, 0.6) is 5.75 Å². The Hall–Kier alpha value is -1.67. The molecule has 7 heteroatoms. The second-order valence-electron chi connectivity index (χ2n) is 5.36. The number of aliphatic hydroxyl groups excluding tert-OH is 3. The molecule has 1 aliphatic heterocycles. The summed E-state index contributed by atoms with van der Waals surface area (Å²) in [6.45, 7) is 2.75. The summed E-state index contributed by atoms with van der Waals surface area (Å²) in [5.41, 5.74) is 1.05. The van der Waals surface area contributed by atoms with Gasteiger partial charge in [0.2, 0.25) is 12.2 Å². The minimum Gasteiger partial charge on any atom is -0.463 e. The van der Waals surface area contributed by atoms with Crippen molar-refractivity contribution in [3.63, 3.8) is 0 Å². The van der Waals surface area contributed by atoms with E-state index in [1.165, 1.54) is 6.92 Å². The van der Waals surface area contributed by atoms with Gasteiger partial charge in [0.1, 0.15) is 30.1 Å². The molecule has 1 aliphatic rings. The Morgan fingerprint density at radius 1 is 1.27 bits per heavy atom. The first-order valence-electron chi connectivity index (χ1n) is 7.05. The molecule has 0 bridgehead atoms. The second kappa shape index (κ2) is 7.06. The van der Waals surface area contributed by atoms with Gasteiger partial charge in [-0.1, -0.05) is 17.7 Å². The van der Waals surface area contributed by atoms with Gasteiger partial charge in [0.25, 0.3) is 0 Å². The molecule has 0 spiro atoms. The third-order valence-electron chi connectivity index (χ3n) is 3.52. The predicted octanol–water partition coefficient (Wildman–Crippen LogP) is -0.682. The van der Waals surface area contributed by atoms with Crippen LogP contribution in [0.1, 0.15) is 12.5 Å². The Morgan fingerprint density at radius 3 is 2.45 bits per heavy atom. The van der Waals surface area contributed by atoms with Crippen LogP contribution in [0.15, 0.2) is 24.3 Å². The van der Waals surface area contributed by atoms with Gasteiger partial charge in [-0.3, -0.25) is 4.79 Å². The number of benzene rings is 1. The van der Waals surface area contributed by atoms with Gasteiger partial charge in [0.15, 0.2) is 0 Å². The molecule has 1 saturated heterocycles. The van der Waals surface area contributed by atoms with E-state index in [-0.39, 0.29) is 5.91 Å². The molecule has 1 aromatic carbocycles. The highest BCUT2D eigenvalue weighted by Gasteiger charge is 2.46. The van der Waals surface area contributed by atoms with Gasteiger partial charge in [-0.15, -0.1) is 0 Å². The van der Waals surface area contributed by atoms with Crippen LogP contribution in [0.4, 0.5) is 0 Å². The highest BCUT2D eigenvalue weighted by Crippen LogP contribution is 2.24. The fraction of sp³-hybridized carbons (Fsp3) is 0.533. The third-order valence-corrected chi connectivity index (χ3v) is 3.52. The molecule has 0 radical (unpaired) electrons. The fourth-order valence-electron chi connectivity index (χ4n) is 2.32. The van der Waals surface area contributed by atoms with E-state index in [2.05, 4.69) is 5.32 Å². The summed E-state index contributed by atoms with van der Waals surface area (Å²) in [6.07, 6.45) is -4.65. The van der Waals surface area contributed by atoms with Crippen LogP contribution in [-0.2, 0) is 9.53 Å². The van der Waals surface area contributed by atoms with Crippen molar-refractivity contribution in [3.05, 3.63) is 29.8 Å². The Bertz CT molecular complexity index is 505. The average molecular weight is 311 g/mol. The first kappa shape index (κ1) is 16.7. The van der Waals surface area contributed by atoms with Crippen molar-refractivity contribution in [2.75, 3.05) is 6.61 Å².